The molecule has 178 valence electrons. The Labute approximate surface area is 202 Å². The second-order valence-electron chi connectivity index (χ2n) is 7.75. The van der Waals surface area contributed by atoms with Crippen molar-refractivity contribution in [3.05, 3.63) is 89.0 Å². The van der Waals surface area contributed by atoms with Crippen LogP contribution >= 0.6 is 11.3 Å². The average molecular weight is 493 g/mol. The lowest BCUT2D eigenvalue weighted by Crippen LogP contribution is -2.35. The molecule has 2 aliphatic rings. The van der Waals surface area contributed by atoms with Crippen LogP contribution in [0, 0.1) is 10.1 Å². The molecule has 0 unspecified atom stereocenters. The van der Waals surface area contributed by atoms with Gasteiger partial charge in [0, 0.05) is 17.8 Å². The van der Waals surface area contributed by atoms with Crippen LogP contribution in [0.1, 0.15) is 31.0 Å². The van der Waals surface area contributed by atoms with Gasteiger partial charge >= 0.3 is 5.97 Å². The van der Waals surface area contributed by atoms with Gasteiger partial charge in [0.05, 0.1) is 21.6 Å². The second-order valence-corrected chi connectivity index (χ2v) is 8.76. The lowest BCUT2D eigenvalue weighted by atomic mass is 9.96. The molecule has 1 aromatic heterocycles. The van der Waals surface area contributed by atoms with Crippen molar-refractivity contribution < 1.29 is 23.9 Å². The zero-order chi connectivity index (χ0) is 24.7. The smallest absolute Gasteiger partial charge is 0.338 e. The van der Waals surface area contributed by atoms with E-state index < -0.39 is 16.9 Å². The van der Waals surface area contributed by atoms with Crippen molar-refractivity contribution in [2.24, 2.45) is 4.99 Å². The average Bonchev–Trinajstić information content (AvgIpc) is 3.43. The van der Waals surface area contributed by atoms with Crippen LogP contribution in [0.25, 0.3) is 11.8 Å². The quantitative estimate of drug-likeness (QED) is 0.304. The van der Waals surface area contributed by atoms with Crippen molar-refractivity contribution in [1.29, 1.82) is 0 Å². The Morgan fingerprint density at radius 1 is 1.26 bits per heavy atom. The molecule has 5 rings (SSSR count). The number of esters is 1. The Kier molecular flexibility index (Phi) is 5.69. The zero-order valence-corrected chi connectivity index (χ0v) is 19.5. The van der Waals surface area contributed by atoms with Crippen LogP contribution < -0.4 is 24.4 Å². The highest BCUT2D eigenvalue weighted by Crippen LogP contribution is 2.34. The number of hydrogen-bond acceptors (Lipinski definition) is 9. The number of rotatable bonds is 5. The Morgan fingerprint density at radius 2 is 2.00 bits per heavy atom. The number of hydrogen-bond donors (Lipinski definition) is 0. The molecule has 0 spiro atoms. The molecule has 0 saturated heterocycles. The van der Waals surface area contributed by atoms with E-state index in [2.05, 4.69) is 0 Å². The molecule has 0 radical (unpaired) electrons. The van der Waals surface area contributed by atoms with E-state index in [0.29, 0.717) is 32.1 Å². The van der Waals surface area contributed by atoms with Gasteiger partial charge in [-0.3, -0.25) is 19.5 Å². The van der Waals surface area contributed by atoms with Gasteiger partial charge in [-0.05, 0) is 55.3 Å². The maximum Gasteiger partial charge on any atom is 0.338 e. The number of nitro groups is 1. The number of ether oxygens (including phenoxy) is 3. The van der Waals surface area contributed by atoms with Gasteiger partial charge in [0.15, 0.2) is 16.3 Å². The number of thiazole rings is 1. The van der Waals surface area contributed by atoms with Crippen LogP contribution in [0.5, 0.6) is 11.5 Å². The van der Waals surface area contributed by atoms with Crippen LogP contribution in [0.15, 0.2) is 57.8 Å². The molecule has 0 saturated carbocycles. The number of aromatic nitrogens is 1. The molecule has 10 nitrogen and oxygen atoms in total. The summed E-state index contributed by atoms with van der Waals surface area (Å²) in [6, 6.07) is 10.4. The van der Waals surface area contributed by atoms with Gasteiger partial charge in [-0.1, -0.05) is 17.4 Å². The van der Waals surface area contributed by atoms with Crippen molar-refractivity contribution in [3.63, 3.8) is 0 Å². The Morgan fingerprint density at radius 3 is 2.71 bits per heavy atom. The minimum Gasteiger partial charge on any atom is -0.463 e. The van der Waals surface area contributed by atoms with Gasteiger partial charge in [-0.2, -0.15) is 0 Å². The fraction of sp³-hybridized carbons (Fsp3) is 0.208. The van der Waals surface area contributed by atoms with Crippen LogP contribution in [0.3, 0.4) is 0 Å². The summed E-state index contributed by atoms with van der Waals surface area (Å²) in [4.78, 5) is 41.9. The fourth-order valence-corrected chi connectivity index (χ4v) is 5.03. The lowest BCUT2D eigenvalue weighted by molar-refractivity contribution is -0.384. The molecule has 0 bridgehead atoms. The summed E-state index contributed by atoms with van der Waals surface area (Å²) < 4.78 is 17.8. The first-order valence-electron chi connectivity index (χ1n) is 10.7. The fourth-order valence-electron chi connectivity index (χ4n) is 3.99. The number of non-ortho nitro benzene ring substituents is 1. The van der Waals surface area contributed by atoms with Crippen LogP contribution in [0.4, 0.5) is 5.69 Å². The molecule has 2 aliphatic heterocycles. The molecule has 1 atom stereocenters. The number of fused-ring (bicyclic) bond motifs is 2. The second kappa shape index (κ2) is 8.84. The normalized spacial score (nSPS) is 16.6. The molecular weight excluding hydrogens is 474 g/mol. The van der Waals surface area contributed by atoms with Crippen molar-refractivity contribution in [2.45, 2.75) is 19.9 Å². The summed E-state index contributed by atoms with van der Waals surface area (Å²) in [6.45, 7) is 3.66. The van der Waals surface area contributed by atoms with Crippen LogP contribution in [-0.2, 0) is 9.53 Å². The molecule has 11 heteroatoms. The number of carbonyl (C=O) groups excluding carboxylic acids is 1. The van der Waals surface area contributed by atoms with E-state index in [1.807, 2.05) is 6.07 Å². The molecule has 3 aromatic rings. The topological polar surface area (TPSA) is 122 Å². The third kappa shape index (κ3) is 3.99. The summed E-state index contributed by atoms with van der Waals surface area (Å²) >= 11 is 1.19. The standard InChI is InChI=1S/C24H19N3O7S/c1-3-32-23(29)20-13(2)26-22(28)19(11-14-4-9-17-18(10-14)34-12-33-17)35-24(26)25-21(20)15-5-7-16(8-6-15)27(30)31/h4-11,21H,3,12H2,1-2H3/b19-11-/t21-/m1/s1. The predicted octanol–water partition coefficient (Wildman–Crippen LogP) is 2.54. The summed E-state index contributed by atoms with van der Waals surface area (Å²) in [7, 11) is 0. The number of nitro benzene ring substituents is 1. The lowest BCUT2D eigenvalue weighted by Gasteiger charge is -2.22. The summed E-state index contributed by atoms with van der Waals surface area (Å²) in [5, 5.41) is 11.1. The van der Waals surface area contributed by atoms with Gasteiger partial charge in [0.25, 0.3) is 11.2 Å². The minimum absolute atomic E-state index is 0.0726. The first-order valence-corrected chi connectivity index (χ1v) is 11.5. The Bertz CT molecular complexity index is 1570. The van der Waals surface area contributed by atoms with Gasteiger partial charge in [-0.15, -0.1) is 0 Å². The van der Waals surface area contributed by atoms with Gasteiger partial charge < -0.3 is 14.2 Å². The minimum atomic E-state index is -0.772. The van der Waals surface area contributed by atoms with E-state index in [9.17, 15) is 19.7 Å². The highest BCUT2D eigenvalue weighted by molar-refractivity contribution is 7.07. The molecule has 0 N–H and O–H groups in total. The summed E-state index contributed by atoms with van der Waals surface area (Å²) in [5.41, 5.74) is 1.56. The molecule has 2 aromatic carbocycles. The molecule has 35 heavy (non-hydrogen) atoms. The monoisotopic (exact) mass is 493 g/mol. The zero-order valence-electron chi connectivity index (χ0n) is 18.7. The number of benzene rings is 2. The third-order valence-corrected chi connectivity index (χ3v) is 6.64. The van der Waals surface area contributed by atoms with Crippen molar-refractivity contribution >= 4 is 34.8 Å². The van der Waals surface area contributed by atoms with Crippen molar-refractivity contribution in [1.82, 2.24) is 4.57 Å². The van der Waals surface area contributed by atoms with Crippen molar-refractivity contribution in [3.8, 4) is 11.5 Å². The van der Waals surface area contributed by atoms with Gasteiger partial charge in [-0.25, -0.2) is 9.79 Å². The molecule has 0 aliphatic carbocycles. The summed E-state index contributed by atoms with van der Waals surface area (Å²) in [5.74, 6) is 0.647. The van der Waals surface area contributed by atoms with E-state index in [-0.39, 0.29) is 30.2 Å². The van der Waals surface area contributed by atoms with Gasteiger partial charge in [0.2, 0.25) is 6.79 Å². The third-order valence-electron chi connectivity index (χ3n) is 5.65. The van der Waals surface area contributed by atoms with E-state index in [1.54, 1.807) is 44.2 Å². The maximum absolute atomic E-state index is 13.3. The first-order chi connectivity index (χ1) is 16.9. The number of nitrogens with zero attached hydrogens (tertiary/aromatic N) is 3. The SMILES string of the molecule is CCOC(=O)C1=C(C)n2c(s/c(=C\c3ccc4c(c3)OCO4)c2=O)=N[C@@H]1c1ccc([N+](=O)[O-])cc1. The van der Waals surface area contributed by atoms with Gasteiger partial charge in [0.1, 0.15) is 6.04 Å². The highest BCUT2D eigenvalue weighted by atomic mass is 32.1. The highest BCUT2D eigenvalue weighted by Gasteiger charge is 2.31. The van der Waals surface area contributed by atoms with E-state index in [1.165, 1.54) is 28.0 Å². The molecule has 0 fully saturated rings. The summed E-state index contributed by atoms with van der Waals surface area (Å²) in [6.07, 6.45) is 1.73. The molecular formula is C24H19N3O7S. The number of carbonyl (C=O) groups is 1. The predicted molar refractivity (Wildman–Crippen MR) is 127 cm³/mol. The Hall–Kier alpha value is -4.25. The van der Waals surface area contributed by atoms with Crippen LogP contribution in [-0.4, -0.2) is 28.9 Å². The molecule has 0 amide bonds. The van der Waals surface area contributed by atoms with Crippen molar-refractivity contribution in [2.75, 3.05) is 13.4 Å². The number of allylic oxidation sites excluding steroid dienone is 1. The van der Waals surface area contributed by atoms with E-state index in [0.717, 1.165) is 5.56 Å². The maximum atomic E-state index is 13.3. The Balaban J connectivity index is 1.66. The molecule has 3 heterocycles. The first kappa shape index (κ1) is 22.5. The van der Waals surface area contributed by atoms with E-state index in [4.69, 9.17) is 19.2 Å². The van der Waals surface area contributed by atoms with E-state index >= 15 is 0 Å². The largest absolute Gasteiger partial charge is 0.463 e. The van der Waals surface area contributed by atoms with Crippen LogP contribution in [0.2, 0.25) is 0 Å².